The Morgan fingerprint density at radius 2 is 1.94 bits per heavy atom. The molecular formula is C24H23F3N6O2. The number of benzene rings is 1. The first-order valence-corrected chi connectivity index (χ1v) is 11.2. The molecule has 0 saturated carbocycles. The summed E-state index contributed by atoms with van der Waals surface area (Å²) in [6, 6.07) is 6.83. The van der Waals surface area contributed by atoms with Gasteiger partial charge in [0.05, 0.1) is 17.0 Å². The molecule has 1 amide bonds. The number of hydrogen-bond donors (Lipinski definition) is 1. The normalized spacial score (nSPS) is 15.1. The van der Waals surface area contributed by atoms with Gasteiger partial charge in [0.25, 0.3) is 0 Å². The van der Waals surface area contributed by atoms with Gasteiger partial charge < -0.3 is 14.6 Å². The highest BCUT2D eigenvalue weighted by atomic mass is 19.4. The molecule has 11 heteroatoms. The summed E-state index contributed by atoms with van der Waals surface area (Å²) >= 11 is 0. The minimum absolute atomic E-state index is 0.0593. The van der Waals surface area contributed by atoms with E-state index in [2.05, 4.69) is 20.3 Å². The van der Waals surface area contributed by atoms with Crippen LogP contribution in [-0.4, -0.2) is 49.3 Å². The van der Waals surface area contributed by atoms with Gasteiger partial charge >= 0.3 is 12.0 Å². The molecule has 35 heavy (non-hydrogen) atoms. The van der Waals surface area contributed by atoms with E-state index in [4.69, 9.17) is 4.42 Å². The molecule has 1 saturated heterocycles. The summed E-state index contributed by atoms with van der Waals surface area (Å²) in [5, 5.41) is 3.33. The number of rotatable bonds is 4. The van der Waals surface area contributed by atoms with E-state index in [1.54, 1.807) is 29.7 Å². The van der Waals surface area contributed by atoms with E-state index < -0.39 is 11.7 Å². The summed E-state index contributed by atoms with van der Waals surface area (Å²) in [4.78, 5) is 26.9. The second-order valence-electron chi connectivity index (χ2n) is 8.57. The molecule has 4 heterocycles. The lowest BCUT2D eigenvalue weighted by atomic mass is 10.0. The van der Waals surface area contributed by atoms with Gasteiger partial charge in [-0.25, -0.2) is 9.97 Å². The van der Waals surface area contributed by atoms with E-state index in [0.717, 1.165) is 30.7 Å². The molecule has 1 aliphatic rings. The Morgan fingerprint density at radius 3 is 2.66 bits per heavy atom. The van der Waals surface area contributed by atoms with Crippen LogP contribution in [0.25, 0.3) is 28.5 Å². The number of fused-ring (bicyclic) bond motifs is 1. The number of nitrogens with one attached hydrogen (secondary N) is 1. The number of nitrogens with zero attached hydrogens (tertiary/aromatic N) is 5. The molecule has 0 radical (unpaired) electrons. The molecule has 0 atom stereocenters. The van der Waals surface area contributed by atoms with Crippen molar-refractivity contribution in [1.29, 1.82) is 0 Å². The highest BCUT2D eigenvalue weighted by Gasteiger charge is 2.31. The zero-order valence-electron chi connectivity index (χ0n) is 19.1. The largest absolute Gasteiger partial charge is 0.431 e. The number of imidazole rings is 1. The third kappa shape index (κ3) is 4.45. The number of piperidine rings is 1. The molecule has 0 aliphatic carbocycles. The fraction of sp³-hybridized carbons (Fsp3) is 0.333. The monoisotopic (exact) mass is 484 g/mol. The molecule has 3 aromatic heterocycles. The van der Waals surface area contributed by atoms with Gasteiger partial charge in [-0.15, -0.1) is 0 Å². The third-order valence-corrected chi connectivity index (χ3v) is 6.17. The van der Waals surface area contributed by atoms with E-state index in [9.17, 15) is 18.0 Å². The maximum Gasteiger partial charge on any atom is 0.416 e. The number of anilines is 1. The molecule has 5 rings (SSSR count). The van der Waals surface area contributed by atoms with Gasteiger partial charge in [-0.2, -0.15) is 18.2 Å². The van der Waals surface area contributed by atoms with Crippen molar-refractivity contribution in [1.82, 2.24) is 24.3 Å². The van der Waals surface area contributed by atoms with Crippen molar-refractivity contribution in [3.8, 4) is 22.6 Å². The van der Waals surface area contributed by atoms with Crippen LogP contribution in [0.1, 0.15) is 31.0 Å². The Bertz CT molecular complexity index is 1390. The van der Waals surface area contributed by atoms with Crippen LogP contribution in [0.3, 0.4) is 0 Å². The number of hydrogen-bond acceptors (Lipinski definition) is 6. The number of likely N-dealkylation sites (tertiary alicyclic amines) is 1. The van der Waals surface area contributed by atoms with Gasteiger partial charge in [-0.1, -0.05) is 12.1 Å². The smallest absolute Gasteiger partial charge is 0.416 e. The SMILES string of the molecule is CC(=O)N1CCC(Nc2nccc(-c3c(-c4cccc(C(F)(F)F)c4)nc4occ(C)n34)n2)CC1. The first-order valence-electron chi connectivity index (χ1n) is 11.2. The fourth-order valence-corrected chi connectivity index (χ4v) is 4.36. The van der Waals surface area contributed by atoms with Crippen molar-refractivity contribution < 1.29 is 22.4 Å². The van der Waals surface area contributed by atoms with Crippen LogP contribution >= 0.6 is 0 Å². The van der Waals surface area contributed by atoms with E-state index in [1.807, 2.05) is 11.8 Å². The van der Waals surface area contributed by atoms with Crippen molar-refractivity contribution in [3.05, 3.63) is 54.0 Å². The van der Waals surface area contributed by atoms with Crippen molar-refractivity contribution in [2.45, 2.75) is 38.9 Å². The standard InChI is InChI=1S/C24H23F3N6O2/c1-14-13-35-23-31-20(16-4-3-5-17(12-16)24(25,26)27)21(33(14)23)19-6-9-28-22(30-19)29-18-7-10-32(11-8-18)15(2)34/h3-6,9,12-13,18H,7-8,10-11H2,1-2H3,(H,28,29,30). The lowest BCUT2D eigenvalue weighted by molar-refractivity contribution is -0.137. The summed E-state index contributed by atoms with van der Waals surface area (Å²) in [6.07, 6.45) is 0.181. The number of carbonyl (C=O) groups excluding carboxylic acids is 1. The van der Waals surface area contributed by atoms with Gasteiger partial charge in [0, 0.05) is 37.8 Å². The zero-order valence-corrected chi connectivity index (χ0v) is 19.1. The minimum Gasteiger partial charge on any atom is -0.431 e. The van der Waals surface area contributed by atoms with E-state index in [-0.39, 0.29) is 17.8 Å². The van der Waals surface area contributed by atoms with Crippen LogP contribution in [-0.2, 0) is 11.0 Å². The van der Waals surface area contributed by atoms with Gasteiger partial charge in [-0.05, 0) is 38.0 Å². The number of carbonyl (C=O) groups is 1. The molecule has 0 spiro atoms. The molecule has 4 aromatic rings. The van der Waals surface area contributed by atoms with Gasteiger partial charge in [0.1, 0.15) is 17.7 Å². The molecule has 1 N–H and O–H groups in total. The average molecular weight is 484 g/mol. The molecule has 1 aliphatic heterocycles. The minimum atomic E-state index is -4.48. The predicted molar refractivity (Wildman–Crippen MR) is 123 cm³/mol. The Kier molecular flexibility index (Phi) is 5.70. The highest BCUT2D eigenvalue weighted by molar-refractivity contribution is 5.80. The summed E-state index contributed by atoms with van der Waals surface area (Å²) in [5.74, 6) is 0.716. The Hall–Kier alpha value is -3.89. The van der Waals surface area contributed by atoms with Gasteiger partial charge in [0.2, 0.25) is 11.9 Å². The zero-order chi connectivity index (χ0) is 24.7. The van der Waals surface area contributed by atoms with Crippen LogP contribution in [0.15, 0.2) is 47.2 Å². The summed E-state index contributed by atoms with van der Waals surface area (Å²) in [5.41, 5.74) is 1.61. The molecule has 8 nitrogen and oxygen atoms in total. The maximum absolute atomic E-state index is 13.4. The number of aromatic nitrogens is 4. The molecule has 1 aromatic carbocycles. The number of aryl methyl sites for hydroxylation is 1. The van der Waals surface area contributed by atoms with Crippen LogP contribution in [0, 0.1) is 6.92 Å². The Morgan fingerprint density at radius 1 is 1.17 bits per heavy atom. The van der Waals surface area contributed by atoms with E-state index >= 15 is 0 Å². The molecule has 1 fully saturated rings. The Balaban J connectivity index is 1.52. The quantitative estimate of drug-likeness (QED) is 0.448. The van der Waals surface area contributed by atoms with Crippen molar-refractivity contribution in [2.24, 2.45) is 0 Å². The molecule has 0 bridgehead atoms. The topological polar surface area (TPSA) is 88.6 Å². The number of halogens is 3. The second kappa shape index (κ2) is 8.71. The maximum atomic E-state index is 13.4. The summed E-state index contributed by atoms with van der Waals surface area (Å²) in [6.45, 7) is 4.70. The Labute approximate surface area is 198 Å². The second-order valence-corrected chi connectivity index (χ2v) is 8.57. The van der Waals surface area contributed by atoms with Crippen molar-refractivity contribution in [2.75, 3.05) is 18.4 Å². The number of amides is 1. The van der Waals surface area contributed by atoms with Crippen molar-refractivity contribution in [3.63, 3.8) is 0 Å². The molecule has 0 unspecified atom stereocenters. The number of oxazole rings is 1. The lowest BCUT2D eigenvalue weighted by Crippen LogP contribution is -2.41. The summed E-state index contributed by atoms with van der Waals surface area (Å²) < 4.78 is 47.4. The van der Waals surface area contributed by atoms with Crippen LogP contribution in [0.2, 0.25) is 0 Å². The molecule has 182 valence electrons. The van der Waals surface area contributed by atoms with Gasteiger partial charge in [0.15, 0.2) is 0 Å². The van der Waals surface area contributed by atoms with Crippen LogP contribution < -0.4 is 5.32 Å². The highest BCUT2D eigenvalue weighted by Crippen LogP contribution is 2.37. The van der Waals surface area contributed by atoms with Crippen LogP contribution in [0.5, 0.6) is 0 Å². The molecular weight excluding hydrogens is 461 g/mol. The first kappa shape index (κ1) is 22.9. The van der Waals surface area contributed by atoms with Gasteiger partial charge in [-0.3, -0.25) is 9.20 Å². The summed E-state index contributed by atoms with van der Waals surface area (Å²) in [7, 11) is 0. The van der Waals surface area contributed by atoms with Crippen molar-refractivity contribution >= 4 is 17.7 Å². The lowest BCUT2D eigenvalue weighted by Gasteiger charge is -2.31. The average Bonchev–Trinajstić information content (AvgIpc) is 3.39. The fourth-order valence-electron chi connectivity index (χ4n) is 4.36. The van der Waals surface area contributed by atoms with E-state index in [1.165, 1.54) is 12.3 Å². The predicted octanol–water partition coefficient (Wildman–Crippen LogP) is 4.80. The number of alkyl halides is 3. The third-order valence-electron chi connectivity index (χ3n) is 6.17. The van der Waals surface area contributed by atoms with Crippen LogP contribution in [0.4, 0.5) is 19.1 Å². The van der Waals surface area contributed by atoms with E-state index in [0.29, 0.717) is 41.7 Å². The first-order chi connectivity index (χ1) is 16.7.